The standard InChI is InChI=1S/C13H17ClN2O3/c1-8(15)3-6-12(17)16-9-4-5-10(11(14)7-9)13(18)19-2/h4-5,7-8H,3,6,15H2,1-2H3,(H,16,17). The Hall–Kier alpha value is -1.59. The molecule has 5 nitrogen and oxygen atoms in total. The van der Waals surface area contributed by atoms with Gasteiger partial charge in [-0.05, 0) is 31.5 Å². The maximum Gasteiger partial charge on any atom is 0.339 e. The number of methoxy groups -OCH3 is 1. The van der Waals surface area contributed by atoms with Gasteiger partial charge in [0.05, 0.1) is 17.7 Å². The molecule has 0 spiro atoms. The monoisotopic (exact) mass is 284 g/mol. The van der Waals surface area contributed by atoms with Crippen molar-refractivity contribution in [1.82, 2.24) is 0 Å². The average Bonchev–Trinajstić information content (AvgIpc) is 2.35. The van der Waals surface area contributed by atoms with Gasteiger partial charge in [0.25, 0.3) is 0 Å². The van der Waals surface area contributed by atoms with Crippen LogP contribution in [-0.2, 0) is 9.53 Å². The molecule has 0 aliphatic heterocycles. The minimum atomic E-state index is -0.514. The third-order valence-corrected chi connectivity index (χ3v) is 2.80. The zero-order chi connectivity index (χ0) is 14.4. The molecule has 0 saturated carbocycles. The van der Waals surface area contributed by atoms with Crippen LogP contribution >= 0.6 is 11.6 Å². The van der Waals surface area contributed by atoms with Crippen LogP contribution in [0.2, 0.25) is 5.02 Å². The number of nitrogens with two attached hydrogens (primary N) is 1. The fourth-order valence-electron chi connectivity index (χ4n) is 1.45. The fraction of sp³-hybridized carbons (Fsp3) is 0.385. The van der Waals surface area contributed by atoms with Gasteiger partial charge in [-0.3, -0.25) is 4.79 Å². The Bertz CT molecular complexity index is 475. The van der Waals surface area contributed by atoms with Crippen molar-refractivity contribution in [1.29, 1.82) is 0 Å². The molecular weight excluding hydrogens is 268 g/mol. The second kappa shape index (κ2) is 7.11. The lowest BCUT2D eigenvalue weighted by Crippen LogP contribution is -2.19. The van der Waals surface area contributed by atoms with Crippen LogP contribution in [0, 0.1) is 0 Å². The molecule has 0 heterocycles. The molecule has 19 heavy (non-hydrogen) atoms. The Morgan fingerprint density at radius 2 is 2.16 bits per heavy atom. The first kappa shape index (κ1) is 15.5. The van der Waals surface area contributed by atoms with Crippen LogP contribution in [0.15, 0.2) is 18.2 Å². The zero-order valence-electron chi connectivity index (χ0n) is 10.9. The third-order valence-electron chi connectivity index (χ3n) is 2.48. The van der Waals surface area contributed by atoms with Gasteiger partial charge in [-0.2, -0.15) is 0 Å². The molecule has 1 atom stereocenters. The van der Waals surface area contributed by atoms with E-state index in [4.69, 9.17) is 17.3 Å². The summed E-state index contributed by atoms with van der Waals surface area (Å²) in [4.78, 5) is 22.9. The first-order valence-corrected chi connectivity index (χ1v) is 6.25. The predicted octanol–water partition coefficient (Wildman–Crippen LogP) is 2.19. The van der Waals surface area contributed by atoms with Gasteiger partial charge in [0.1, 0.15) is 0 Å². The Labute approximate surface area is 117 Å². The lowest BCUT2D eigenvalue weighted by molar-refractivity contribution is -0.116. The van der Waals surface area contributed by atoms with E-state index < -0.39 is 5.97 Å². The maximum atomic E-state index is 11.6. The van der Waals surface area contributed by atoms with Crippen molar-refractivity contribution in [3.8, 4) is 0 Å². The van der Waals surface area contributed by atoms with Crippen LogP contribution in [-0.4, -0.2) is 25.0 Å². The van der Waals surface area contributed by atoms with E-state index in [9.17, 15) is 9.59 Å². The second-order valence-corrected chi connectivity index (χ2v) is 4.66. The number of hydrogen-bond donors (Lipinski definition) is 2. The Balaban J connectivity index is 2.68. The van der Waals surface area contributed by atoms with Gasteiger partial charge < -0.3 is 15.8 Å². The van der Waals surface area contributed by atoms with E-state index >= 15 is 0 Å². The Kier molecular flexibility index (Phi) is 5.79. The number of ether oxygens (including phenoxy) is 1. The molecule has 104 valence electrons. The highest BCUT2D eigenvalue weighted by Crippen LogP contribution is 2.21. The first-order valence-electron chi connectivity index (χ1n) is 5.87. The smallest absolute Gasteiger partial charge is 0.339 e. The molecule has 1 aromatic rings. The average molecular weight is 285 g/mol. The third kappa shape index (κ3) is 4.89. The molecule has 0 aromatic heterocycles. The van der Waals surface area contributed by atoms with E-state index in [2.05, 4.69) is 10.1 Å². The van der Waals surface area contributed by atoms with Crippen LogP contribution in [0.3, 0.4) is 0 Å². The summed E-state index contributed by atoms with van der Waals surface area (Å²) >= 11 is 5.94. The first-order chi connectivity index (χ1) is 8.93. The zero-order valence-corrected chi connectivity index (χ0v) is 11.7. The highest BCUT2D eigenvalue weighted by Gasteiger charge is 2.12. The number of benzene rings is 1. The van der Waals surface area contributed by atoms with Crippen molar-refractivity contribution in [2.45, 2.75) is 25.8 Å². The summed E-state index contributed by atoms with van der Waals surface area (Å²) in [5.74, 6) is -0.654. The van der Waals surface area contributed by atoms with Crippen molar-refractivity contribution in [3.05, 3.63) is 28.8 Å². The molecule has 1 unspecified atom stereocenters. The SMILES string of the molecule is COC(=O)c1ccc(NC(=O)CCC(C)N)cc1Cl. The molecule has 1 aromatic carbocycles. The number of rotatable bonds is 5. The summed E-state index contributed by atoms with van der Waals surface area (Å²) < 4.78 is 4.58. The van der Waals surface area contributed by atoms with Gasteiger partial charge in [-0.25, -0.2) is 4.79 Å². The number of amides is 1. The largest absolute Gasteiger partial charge is 0.465 e. The number of hydrogen-bond acceptors (Lipinski definition) is 4. The van der Waals surface area contributed by atoms with E-state index in [1.807, 2.05) is 6.92 Å². The molecule has 0 aliphatic carbocycles. The van der Waals surface area contributed by atoms with Gasteiger partial charge >= 0.3 is 5.97 Å². The van der Waals surface area contributed by atoms with E-state index in [1.54, 1.807) is 6.07 Å². The molecule has 0 fully saturated rings. The molecule has 0 aliphatic rings. The molecule has 1 rings (SSSR count). The Morgan fingerprint density at radius 3 is 2.68 bits per heavy atom. The fourth-order valence-corrected chi connectivity index (χ4v) is 1.71. The summed E-state index contributed by atoms with van der Waals surface area (Å²) in [5, 5.41) is 2.92. The predicted molar refractivity (Wildman–Crippen MR) is 74.3 cm³/mol. The minimum Gasteiger partial charge on any atom is -0.465 e. The van der Waals surface area contributed by atoms with E-state index in [-0.39, 0.29) is 22.5 Å². The van der Waals surface area contributed by atoms with Crippen molar-refractivity contribution in [2.24, 2.45) is 5.73 Å². The van der Waals surface area contributed by atoms with Gasteiger partial charge in [0, 0.05) is 18.2 Å². The van der Waals surface area contributed by atoms with Gasteiger partial charge in [-0.1, -0.05) is 11.6 Å². The molecule has 0 bridgehead atoms. The van der Waals surface area contributed by atoms with Crippen LogP contribution < -0.4 is 11.1 Å². The highest BCUT2D eigenvalue weighted by molar-refractivity contribution is 6.33. The number of carbonyl (C=O) groups is 2. The van der Waals surface area contributed by atoms with Gasteiger partial charge in [0.2, 0.25) is 5.91 Å². The summed E-state index contributed by atoms with van der Waals surface area (Å²) in [7, 11) is 1.28. The quantitative estimate of drug-likeness (QED) is 0.812. The summed E-state index contributed by atoms with van der Waals surface area (Å²) in [6, 6.07) is 4.60. The summed E-state index contributed by atoms with van der Waals surface area (Å²) in [5.41, 5.74) is 6.37. The molecular formula is C13H17ClN2O3. The van der Waals surface area contributed by atoms with Crippen LogP contribution in [0.25, 0.3) is 0 Å². The summed E-state index contributed by atoms with van der Waals surface area (Å²) in [6.45, 7) is 1.84. The van der Waals surface area contributed by atoms with Gasteiger partial charge in [-0.15, -0.1) is 0 Å². The summed E-state index contributed by atoms with van der Waals surface area (Å²) in [6.07, 6.45) is 0.952. The van der Waals surface area contributed by atoms with Crippen LogP contribution in [0.4, 0.5) is 5.69 Å². The topological polar surface area (TPSA) is 81.4 Å². The minimum absolute atomic E-state index is 0.0176. The van der Waals surface area contributed by atoms with Crippen molar-refractivity contribution in [2.75, 3.05) is 12.4 Å². The normalized spacial score (nSPS) is 11.8. The number of halogens is 1. The van der Waals surface area contributed by atoms with E-state index in [0.717, 1.165) is 0 Å². The molecule has 0 saturated heterocycles. The van der Waals surface area contributed by atoms with Crippen molar-refractivity contribution in [3.63, 3.8) is 0 Å². The molecule has 6 heteroatoms. The van der Waals surface area contributed by atoms with Crippen LogP contribution in [0.1, 0.15) is 30.1 Å². The second-order valence-electron chi connectivity index (χ2n) is 4.25. The number of esters is 1. The lowest BCUT2D eigenvalue weighted by atomic mass is 10.1. The van der Waals surface area contributed by atoms with Gasteiger partial charge in [0.15, 0.2) is 0 Å². The molecule has 3 N–H and O–H groups in total. The number of anilines is 1. The highest BCUT2D eigenvalue weighted by atomic mass is 35.5. The Morgan fingerprint density at radius 1 is 1.47 bits per heavy atom. The van der Waals surface area contributed by atoms with E-state index in [1.165, 1.54) is 19.2 Å². The lowest BCUT2D eigenvalue weighted by Gasteiger charge is -2.08. The number of nitrogens with one attached hydrogen (secondary N) is 1. The molecule has 1 amide bonds. The van der Waals surface area contributed by atoms with Crippen molar-refractivity contribution >= 4 is 29.2 Å². The van der Waals surface area contributed by atoms with Crippen LogP contribution in [0.5, 0.6) is 0 Å². The van der Waals surface area contributed by atoms with E-state index in [0.29, 0.717) is 18.5 Å². The maximum absolute atomic E-state index is 11.6. The molecule has 0 radical (unpaired) electrons. The van der Waals surface area contributed by atoms with Crippen molar-refractivity contribution < 1.29 is 14.3 Å². The number of carbonyl (C=O) groups excluding carboxylic acids is 2.